The van der Waals surface area contributed by atoms with Gasteiger partial charge >= 0.3 is 17.9 Å². The Morgan fingerprint density at radius 2 is 0.508 bits per heavy atom. The fraction of sp³-hybridized carbons (Fsp3) is 0.915. The van der Waals surface area contributed by atoms with E-state index < -0.39 is 6.10 Å². The molecule has 0 aromatic heterocycles. The Morgan fingerprint density at radius 3 is 0.769 bits per heavy atom. The van der Waals surface area contributed by atoms with Crippen LogP contribution in [0, 0.1) is 0 Å². The lowest BCUT2D eigenvalue weighted by Gasteiger charge is -2.18. The number of esters is 3. The first-order chi connectivity index (χ1) is 32.0. The maximum absolute atomic E-state index is 12.8. The summed E-state index contributed by atoms with van der Waals surface area (Å²) >= 11 is 0. The van der Waals surface area contributed by atoms with Gasteiger partial charge in [0, 0.05) is 19.3 Å². The average Bonchev–Trinajstić information content (AvgIpc) is 3.30. The zero-order chi connectivity index (χ0) is 47.2. The maximum atomic E-state index is 12.8. The van der Waals surface area contributed by atoms with Crippen LogP contribution in [-0.4, -0.2) is 37.2 Å². The maximum Gasteiger partial charge on any atom is 0.306 e. The Labute approximate surface area is 405 Å². The summed E-state index contributed by atoms with van der Waals surface area (Å²) in [6.45, 7) is 6.68. The second-order valence-corrected chi connectivity index (χ2v) is 19.9. The van der Waals surface area contributed by atoms with Gasteiger partial charge in [0.2, 0.25) is 0 Å². The number of ether oxygens (including phenoxy) is 3. The molecule has 0 aromatic rings. The quantitative estimate of drug-likeness (QED) is 0.0262. The van der Waals surface area contributed by atoms with Gasteiger partial charge in [-0.15, -0.1) is 0 Å². The summed E-state index contributed by atoms with van der Waals surface area (Å²) in [4.78, 5) is 38.1. The highest BCUT2D eigenvalue weighted by atomic mass is 16.6. The van der Waals surface area contributed by atoms with Gasteiger partial charge in [0.25, 0.3) is 0 Å². The fourth-order valence-electron chi connectivity index (χ4n) is 8.85. The molecule has 0 aromatic carbocycles. The molecule has 384 valence electrons. The highest BCUT2D eigenvalue weighted by molar-refractivity contribution is 5.71. The van der Waals surface area contributed by atoms with E-state index in [0.29, 0.717) is 19.3 Å². The van der Waals surface area contributed by atoms with Crippen molar-refractivity contribution < 1.29 is 28.6 Å². The molecule has 0 amide bonds. The van der Waals surface area contributed by atoms with E-state index in [0.717, 1.165) is 57.8 Å². The first-order valence-corrected chi connectivity index (χ1v) is 29.2. The van der Waals surface area contributed by atoms with E-state index in [1.807, 2.05) is 0 Å². The minimum absolute atomic E-state index is 0.0655. The highest BCUT2D eigenvalue weighted by Gasteiger charge is 2.19. The van der Waals surface area contributed by atoms with Gasteiger partial charge in [0.1, 0.15) is 13.2 Å². The molecule has 0 N–H and O–H groups in total. The average molecular weight is 918 g/mol. The van der Waals surface area contributed by atoms with Crippen molar-refractivity contribution in [3.8, 4) is 0 Å². The van der Waals surface area contributed by atoms with Crippen LogP contribution < -0.4 is 0 Å². The molecule has 1 unspecified atom stereocenters. The molecule has 0 aliphatic rings. The molecule has 0 radical (unpaired) electrons. The zero-order valence-electron chi connectivity index (χ0n) is 44.0. The Balaban J connectivity index is 4.27. The first-order valence-electron chi connectivity index (χ1n) is 29.2. The molecule has 0 spiro atoms. The molecule has 6 nitrogen and oxygen atoms in total. The largest absolute Gasteiger partial charge is 0.462 e. The third-order valence-electron chi connectivity index (χ3n) is 13.3. The lowest BCUT2D eigenvalue weighted by atomic mass is 10.0. The van der Waals surface area contributed by atoms with Crippen LogP contribution in [0.2, 0.25) is 0 Å². The normalized spacial score (nSPS) is 12.0. The standard InChI is InChI=1S/C59H112O6/c1-4-7-10-13-16-19-22-24-26-28-30-32-34-37-40-43-46-49-52-58(61)64-55-56(54-63-57(60)51-48-45-42-39-36-21-18-15-12-9-6-3)65-59(62)53-50-47-44-41-38-35-33-31-29-27-25-23-20-17-14-11-8-5-2/h26,28,56H,4-25,27,29-55H2,1-3H3/b28-26-. The number of hydrogen-bond acceptors (Lipinski definition) is 6. The number of carbonyl (C=O) groups is 3. The zero-order valence-corrected chi connectivity index (χ0v) is 44.0. The molecule has 0 saturated heterocycles. The molecule has 0 heterocycles. The van der Waals surface area contributed by atoms with Crippen LogP contribution in [0.4, 0.5) is 0 Å². The Kier molecular flexibility index (Phi) is 53.2. The summed E-state index contributed by atoms with van der Waals surface area (Å²) in [5.41, 5.74) is 0. The van der Waals surface area contributed by atoms with Gasteiger partial charge in [-0.3, -0.25) is 14.4 Å². The van der Waals surface area contributed by atoms with E-state index in [9.17, 15) is 14.4 Å². The molecule has 1 atom stereocenters. The summed E-state index contributed by atoms with van der Waals surface area (Å²) in [5, 5.41) is 0. The van der Waals surface area contributed by atoms with Crippen LogP contribution in [0.25, 0.3) is 0 Å². The van der Waals surface area contributed by atoms with Crippen molar-refractivity contribution in [2.24, 2.45) is 0 Å². The number of hydrogen-bond donors (Lipinski definition) is 0. The van der Waals surface area contributed by atoms with E-state index in [1.54, 1.807) is 0 Å². The molecule has 0 aliphatic carbocycles. The van der Waals surface area contributed by atoms with Gasteiger partial charge in [-0.25, -0.2) is 0 Å². The Hall–Kier alpha value is -1.85. The summed E-state index contributed by atoms with van der Waals surface area (Å²) in [7, 11) is 0. The summed E-state index contributed by atoms with van der Waals surface area (Å²) < 4.78 is 16.9. The monoisotopic (exact) mass is 917 g/mol. The van der Waals surface area contributed by atoms with Gasteiger partial charge < -0.3 is 14.2 Å². The predicted octanol–water partition coefficient (Wildman–Crippen LogP) is 19.3. The summed E-state index contributed by atoms with van der Waals surface area (Å²) in [6.07, 6.45) is 62.0. The van der Waals surface area contributed by atoms with Crippen LogP contribution >= 0.6 is 0 Å². The number of unbranched alkanes of at least 4 members (excludes halogenated alkanes) is 41. The second-order valence-electron chi connectivity index (χ2n) is 19.9. The second kappa shape index (κ2) is 54.8. The lowest BCUT2D eigenvalue weighted by molar-refractivity contribution is -0.167. The van der Waals surface area contributed by atoms with Crippen molar-refractivity contribution in [1.29, 1.82) is 0 Å². The van der Waals surface area contributed by atoms with Gasteiger partial charge in [0.05, 0.1) is 0 Å². The topological polar surface area (TPSA) is 78.9 Å². The van der Waals surface area contributed by atoms with Crippen molar-refractivity contribution in [2.45, 2.75) is 335 Å². The van der Waals surface area contributed by atoms with Gasteiger partial charge in [-0.2, -0.15) is 0 Å². The molecule has 65 heavy (non-hydrogen) atoms. The van der Waals surface area contributed by atoms with Crippen molar-refractivity contribution in [3.05, 3.63) is 12.2 Å². The fourth-order valence-corrected chi connectivity index (χ4v) is 8.85. The number of allylic oxidation sites excluding steroid dienone is 2. The lowest BCUT2D eigenvalue weighted by Crippen LogP contribution is -2.30. The highest BCUT2D eigenvalue weighted by Crippen LogP contribution is 2.17. The first kappa shape index (κ1) is 63.1. The Bertz CT molecular complexity index is 1010. The van der Waals surface area contributed by atoms with Crippen LogP contribution in [0.3, 0.4) is 0 Å². The van der Waals surface area contributed by atoms with Gasteiger partial charge in [-0.1, -0.05) is 277 Å². The van der Waals surface area contributed by atoms with Crippen molar-refractivity contribution in [1.82, 2.24) is 0 Å². The van der Waals surface area contributed by atoms with E-state index in [4.69, 9.17) is 14.2 Å². The van der Waals surface area contributed by atoms with Gasteiger partial charge in [-0.05, 0) is 44.9 Å². The molecule has 0 fully saturated rings. The summed E-state index contributed by atoms with van der Waals surface area (Å²) in [5.74, 6) is -0.847. The van der Waals surface area contributed by atoms with Crippen LogP contribution in [0.15, 0.2) is 12.2 Å². The van der Waals surface area contributed by atoms with E-state index >= 15 is 0 Å². The van der Waals surface area contributed by atoms with Gasteiger partial charge in [0.15, 0.2) is 6.10 Å². The van der Waals surface area contributed by atoms with Crippen molar-refractivity contribution in [2.75, 3.05) is 13.2 Å². The third kappa shape index (κ3) is 53.0. The third-order valence-corrected chi connectivity index (χ3v) is 13.3. The van der Waals surface area contributed by atoms with Crippen molar-refractivity contribution >= 4 is 17.9 Å². The predicted molar refractivity (Wildman–Crippen MR) is 280 cm³/mol. The number of carbonyl (C=O) groups excluding carboxylic acids is 3. The molecular weight excluding hydrogens is 805 g/mol. The van der Waals surface area contributed by atoms with Crippen LogP contribution in [-0.2, 0) is 28.6 Å². The number of rotatable bonds is 54. The molecule has 0 bridgehead atoms. The molecule has 0 saturated carbocycles. The van der Waals surface area contributed by atoms with E-state index in [2.05, 4.69) is 32.9 Å². The smallest absolute Gasteiger partial charge is 0.306 e. The SMILES string of the molecule is CCCCCCCCC/C=C\CCCCCCCCCC(=O)OCC(COC(=O)CCCCCCCCCCCCC)OC(=O)CCCCCCCCCCCCCCCCCCCC. The molecule has 6 heteroatoms. The minimum Gasteiger partial charge on any atom is -0.462 e. The molecule has 0 aliphatic heterocycles. The van der Waals surface area contributed by atoms with E-state index in [-0.39, 0.29) is 31.1 Å². The Morgan fingerprint density at radius 1 is 0.292 bits per heavy atom. The molecule has 0 rings (SSSR count). The molecular formula is C59H112O6. The van der Waals surface area contributed by atoms with Crippen LogP contribution in [0.1, 0.15) is 329 Å². The summed E-state index contributed by atoms with van der Waals surface area (Å²) in [6, 6.07) is 0. The van der Waals surface area contributed by atoms with Crippen LogP contribution in [0.5, 0.6) is 0 Å². The van der Waals surface area contributed by atoms with Crippen molar-refractivity contribution in [3.63, 3.8) is 0 Å². The minimum atomic E-state index is -0.765. The van der Waals surface area contributed by atoms with E-state index in [1.165, 1.54) is 231 Å².